The monoisotopic (exact) mass is 573 g/mol. The van der Waals surface area contributed by atoms with E-state index in [0.717, 1.165) is 22.4 Å². The van der Waals surface area contributed by atoms with Crippen LogP contribution in [0.2, 0.25) is 0 Å². The van der Waals surface area contributed by atoms with Gasteiger partial charge < -0.3 is 15.2 Å². The maximum Gasteiger partial charge on any atom is 0.350 e. The van der Waals surface area contributed by atoms with Crippen molar-refractivity contribution in [3.05, 3.63) is 125 Å². The Kier molecular flexibility index (Phi) is 8.02. The molecule has 0 radical (unpaired) electrons. The molecule has 214 valence electrons. The van der Waals surface area contributed by atoms with Crippen molar-refractivity contribution in [1.29, 1.82) is 0 Å². The first-order valence-corrected chi connectivity index (χ1v) is 12.6. The molecule has 0 aliphatic heterocycles. The van der Waals surface area contributed by atoms with Crippen LogP contribution in [0.3, 0.4) is 0 Å². The fourth-order valence-electron chi connectivity index (χ4n) is 4.32. The molecule has 0 saturated carbocycles. The van der Waals surface area contributed by atoms with E-state index in [2.05, 4.69) is 20.5 Å². The Morgan fingerprint density at radius 3 is 2.45 bits per heavy atom. The Labute approximate surface area is 238 Å². The maximum absolute atomic E-state index is 14.7. The molecule has 13 heteroatoms. The number of amides is 1. The van der Waals surface area contributed by atoms with Gasteiger partial charge in [0.25, 0.3) is 0 Å². The van der Waals surface area contributed by atoms with Gasteiger partial charge in [0.1, 0.15) is 42.0 Å². The third-order valence-corrected chi connectivity index (χ3v) is 6.42. The maximum atomic E-state index is 14.7. The highest BCUT2D eigenvalue weighted by molar-refractivity contribution is 6.01. The van der Waals surface area contributed by atoms with Crippen molar-refractivity contribution in [2.75, 3.05) is 12.4 Å². The van der Waals surface area contributed by atoms with E-state index in [-0.39, 0.29) is 18.0 Å². The number of ether oxygens (including phenoxy) is 1. The molecule has 0 saturated heterocycles. The van der Waals surface area contributed by atoms with E-state index < -0.39 is 29.5 Å². The van der Waals surface area contributed by atoms with Gasteiger partial charge in [-0.05, 0) is 54.1 Å². The molecule has 5 aromatic rings. The van der Waals surface area contributed by atoms with E-state index in [1.807, 2.05) is 12.1 Å². The summed E-state index contributed by atoms with van der Waals surface area (Å²) in [5, 5.41) is 22.3. The quantitative estimate of drug-likeness (QED) is 0.246. The largest absolute Gasteiger partial charge is 0.497 e. The SMILES string of the molecule is COc1ccc(/C=C/C(=O)Nc2ccc(-n3cnn(C[C@@](O)(Cn4cncn4)c4ccc(F)cc4F)c3=O)cc2)cc1. The lowest BCUT2D eigenvalue weighted by molar-refractivity contribution is -0.111. The second-order valence-electron chi connectivity index (χ2n) is 9.33. The molecule has 1 amide bonds. The summed E-state index contributed by atoms with van der Waals surface area (Å²) >= 11 is 0. The predicted octanol–water partition coefficient (Wildman–Crippen LogP) is 3.15. The van der Waals surface area contributed by atoms with Gasteiger partial charge in [-0.2, -0.15) is 10.2 Å². The molecule has 11 nitrogen and oxygen atoms in total. The van der Waals surface area contributed by atoms with Crippen LogP contribution in [0.4, 0.5) is 14.5 Å². The van der Waals surface area contributed by atoms with Gasteiger partial charge in [-0.1, -0.05) is 18.2 Å². The molecule has 0 bridgehead atoms. The minimum Gasteiger partial charge on any atom is -0.497 e. The summed E-state index contributed by atoms with van der Waals surface area (Å²) in [5.74, 6) is -1.43. The number of aromatic nitrogens is 6. The zero-order chi connectivity index (χ0) is 29.7. The summed E-state index contributed by atoms with van der Waals surface area (Å²) in [4.78, 5) is 29.4. The molecule has 3 aromatic carbocycles. The molecule has 0 fully saturated rings. The molecule has 5 rings (SSSR count). The minimum atomic E-state index is -2.03. The van der Waals surface area contributed by atoms with Crippen LogP contribution in [0.1, 0.15) is 11.1 Å². The van der Waals surface area contributed by atoms with E-state index in [1.54, 1.807) is 49.6 Å². The third-order valence-electron chi connectivity index (χ3n) is 6.42. The molecule has 42 heavy (non-hydrogen) atoms. The zero-order valence-electron chi connectivity index (χ0n) is 22.3. The lowest BCUT2D eigenvalue weighted by Crippen LogP contribution is -2.41. The summed E-state index contributed by atoms with van der Waals surface area (Å²) in [6.45, 7) is -0.744. The highest BCUT2D eigenvalue weighted by Crippen LogP contribution is 2.28. The van der Waals surface area contributed by atoms with E-state index >= 15 is 0 Å². The summed E-state index contributed by atoms with van der Waals surface area (Å²) < 4.78 is 36.9. The van der Waals surface area contributed by atoms with Crippen molar-refractivity contribution in [3.63, 3.8) is 0 Å². The van der Waals surface area contributed by atoms with Gasteiger partial charge in [-0.25, -0.2) is 32.5 Å². The Hall–Kier alpha value is -5.43. The normalized spacial score (nSPS) is 12.8. The molecule has 2 N–H and O–H groups in total. The number of methoxy groups -OCH3 is 1. The smallest absolute Gasteiger partial charge is 0.350 e. The van der Waals surface area contributed by atoms with Crippen molar-refractivity contribution in [2.24, 2.45) is 0 Å². The van der Waals surface area contributed by atoms with Gasteiger partial charge in [0.2, 0.25) is 5.91 Å². The van der Waals surface area contributed by atoms with Crippen LogP contribution in [-0.4, -0.2) is 47.2 Å². The van der Waals surface area contributed by atoms with Gasteiger partial charge in [0.05, 0.1) is 25.9 Å². The number of rotatable bonds is 10. The first kappa shape index (κ1) is 28.1. The van der Waals surface area contributed by atoms with Crippen LogP contribution in [0.5, 0.6) is 5.75 Å². The second-order valence-corrected chi connectivity index (χ2v) is 9.33. The Balaban J connectivity index is 1.31. The van der Waals surface area contributed by atoms with Crippen LogP contribution in [-0.2, 0) is 23.5 Å². The van der Waals surface area contributed by atoms with E-state index in [0.29, 0.717) is 23.2 Å². The number of benzene rings is 3. The fourth-order valence-corrected chi connectivity index (χ4v) is 4.32. The van der Waals surface area contributed by atoms with Crippen molar-refractivity contribution in [3.8, 4) is 11.4 Å². The molecule has 0 unspecified atom stereocenters. The zero-order valence-corrected chi connectivity index (χ0v) is 22.3. The standard InChI is InChI=1S/C29H25F2N7O4/c1-42-24-10-2-20(3-11-24)4-13-27(39)35-22-6-8-23(9-7-22)37-19-34-38(28(37)40)16-29(41,15-36-18-32-17-33-36)25-12-5-21(30)14-26(25)31/h2-14,17-19,41H,15-16H2,1H3,(H,35,39)/b13-4+/t29-/m0/s1. The number of nitrogens with zero attached hydrogens (tertiary/aromatic N) is 6. The van der Waals surface area contributed by atoms with Crippen molar-refractivity contribution >= 4 is 17.7 Å². The summed E-state index contributed by atoms with van der Waals surface area (Å²) in [6.07, 6.45) is 6.88. The average molecular weight is 574 g/mol. The Morgan fingerprint density at radius 1 is 1.02 bits per heavy atom. The molecular formula is C29H25F2N7O4. The van der Waals surface area contributed by atoms with Crippen LogP contribution in [0, 0.1) is 11.6 Å². The first-order chi connectivity index (χ1) is 20.2. The summed E-state index contributed by atoms with van der Waals surface area (Å²) in [5.41, 5.74) is -1.12. The van der Waals surface area contributed by atoms with Gasteiger partial charge in [0, 0.05) is 23.4 Å². The van der Waals surface area contributed by atoms with Crippen LogP contribution in [0.25, 0.3) is 11.8 Å². The lowest BCUT2D eigenvalue weighted by atomic mass is 9.93. The van der Waals surface area contributed by atoms with E-state index in [4.69, 9.17) is 4.74 Å². The van der Waals surface area contributed by atoms with E-state index in [1.165, 1.54) is 34.3 Å². The van der Waals surface area contributed by atoms with Crippen LogP contribution in [0.15, 0.2) is 96.6 Å². The first-order valence-electron chi connectivity index (χ1n) is 12.6. The van der Waals surface area contributed by atoms with Gasteiger partial charge in [-0.3, -0.25) is 4.79 Å². The highest BCUT2D eigenvalue weighted by atomic mass is 19.1. The summed E-state index contributed by atoms with van der Waals surface area (Å²) in [7, 11) is 1.58. The number of halogens is 2. The second kappa shape index (κ2) is 12.0. The molecule has 0 aliphatic carbocycles. The molecule has 2 aromatic heterocycles. The number of nitrogens with one attached hydrogen (secondary N) is 1. The number of hydrogen-bond acceptors (Lipinski definition) is 7. The van der Waals surface area contributed by atoms with Crippen LogP contribution >= 0.6 is 0 Å². The van der Waals surface area contributed by atoms with E-state index in [9.17, 15) is 23.5 Å². The molecule has 1 atom stereocenters. The fraction of sp³-hybridized carbons (Fsp3) is 0.138. The molecule has 0 aliphatic rings. The van der Waals surface area contributed by atoms with Crippen molar-refractivity contribution in [1.82, 2.24) is 29.1 Å². The summed E-state index contributed by atoms with van der Waals surface area (Å²) in [6, 6.07) is 16.5. The molecular weight excluding hydrogens is 548 g/mol. The number of carbonyl (C=O) groups excluding carboxylic acids is 1. The topological polar surface area (TPSA) is 129 Å². The number of hydrogen-bond donors (Lipinski definition) is 2. The number of aliphatic hydroxyl groups is 1. The average Bonchev–Trinajstić information content (AvgIpc) is 3.62. The third kappa shape index (κ3) is 6.31. The predicted molar refractivity (Wildman–Crippen MR) is 149 cm³/mol. The van der Waals surface area contributed by atoms with Gasteiger partial charge >= 0.3 is 5.69 Å². The van der Waals surface area contributed by atoms with Gasteiger partial charge in [-0.15, -0.1) is 0 Å². The van der Waals surface area contributed by atoms with Gasteiger partial charge in [0.15, 0.2) is 0 Å². The number of carbonyl (C=O) groups is 1. The lowest BCUT2D eigenvalue weighted by Gasteiger charge is -2.28. The van der Waals surface area contributed by atoms with Crippen molar-refractivity contribution < 1.29 is 23.4 Å². The molecule has 0 spiro atoms. The number of anilines is 1. The minimum absolute atomic E-state index is 0.234. The van der Waals surface area contributed by atoms with Crippen molar-refractivity contribution in [2.45, 2.75) is 18.7 Å². The Morgan fingerprint density at radius 2 is 1.79 bits per heavy atom. The van der Waals surface area contributed by atoms with Crippen LogP contribution < -0.4 is 15.7 Å². The Bertz CT molecular complexity index is 1770. The highest BCUT2D eigenvalue weighted by Gasteiger charge is 2.35. The molecule has 2 heterocycles.